The highest BCUT2D eigenvalue weighted by Crippen LogP contribution is 2.23. The maximum atomic E-state index is 5.50. The van der Waals surface area contributed by atoms with Gasteiger partial charge in [-0.1, -0.05) is 30.3 Å². The highest BCUT2D eigenvalue weighted by molar-refractivity contribution is 5.65. The van der Waals surface area contributed by atoms with Crippen LogP contribution >= 0.6 is 0 Å². The fourth-order valence-electron chi connectivity index (χ4n) is 1.96. The van der Waals surface area contributed by atoms with Crippen LogP contribution in [0.3, 0.4) is 0 Å². The van der Waals surface area contributed by atoms with Crippen LogP contribution in [0.2, 0.25) is 0 Å². The van der Waals surface area contributed by atoms with Crippen molar-refractivity contribution in [3.05, 3.63) is 59.7 Å². The smallest absolute Gasteiger partial charge is 0.130 e. The summed E-state index contributed by atoms with van der Waals surface area (Å²) in [5.74, 6) is 0. The van der Waals surface area contributed by atoms with Crippen LogP contribution in [0.15, 0.2) is 52.9 Å². The van der Waals surface area contributed by atoms with Crippen LogP contribution in [0.1, 0.15) is 11.1 Å². The Kier molecular flexibility index (Phi) is 1.95. The van der Waals surface area contributed by atoms with Gasteiger partial charge in [-0.15, -0.1) is 0 Å². The predicted molar refractivity (Wildman–Crippen MR) is 61.3 cm³/mol. The van der Waals surface area contributed by atoms with E-state index in [9.17, 15) is 0 Å². The molecule has 15 heavy (non-hydrogen) atoms. The van der Waals surface area contributed by atoms with Gasteiger partial charge in [0, 0.05) is 0 Å². The molecule has 74 valence electrons. The number of hydrogen-bond acceptors (Lipinski definition) is 1. The fourth-order valence-corrected chi connectivity index (χ4v) is 1.96. The third kappa shape index (κ3) is 1.61. The van der Waals surface area contributed by atoms with Crippen LogP contribution in [-0.2, 0) is 12.8 Å². The lowest BCUT2D eigenvalue weighted by molar-refractivity contribution is 0.672. The first kappa shape index (κ1) is 8.54. The Bertz CT molecular complexity index is 536. The monoisotopic (exact) mass is 196 g/mol. The maximum Gasteiger partial charge on any atom is 0.130 e. The third-order valence-corrected chi connectivity index (χ3v) is 2.79. The fraction of sp³-hybridized carbons (Fsp3) is 0.143. The number of furan rings is 2. The van der Waals surface area contributed by atoms with Gasteiger partial charge in [-0.2, -0.15) is 0 Å². The molecule has 0 unspecified atom stereocenters. The molecular weight excluding hydrogens is 184 g/mol. The summed E-state index contributed by atoms with van der Waals surface area (Å²) in [6.45, 7) is 0. The number of fused-ring (bicyclic) bond motifs is 2. The van der Waals surface area contributed by atoms with Crippen molar-refractivity contribution in [2.24, 2.45) is 0 Å². The first-order chi connectivity index (χ1) is 7.42. The second kappa shape index (κ2) is 3.43. The summed E-state index contributed by atoms with van der Waals surface area (Å²) in [7, 11) is 0. The number of hydrogen-bond donors (Lipinski definition) is 0. The molecule has 0 aliphatic carbocycles. The quantitative estimate of drug-likeness (QED) is 0.623. The zero-order chi connectivity index (χ0) is 10.1. The summed E-state index contributed by atoms with van der Waals surface area (Å²) >= 11 is 0. The molecule has 0 aliphatic rings. The molecule has 1 aromatic carbocycles. The molecule has 0 aliphatic heterocycles. The standard InChI is InChI=1S/C14H12O/c1-2-4-11(5-3-1)6-7-12-10-13-8-9-14(12)15-13/h1-5,8-10H,6-7H2. The summed E-state index contributed by atoms with van der Waals surface area (Å²) < 4.78 is 5.50. The molecule has 1 heteroatoms. The second-order valence-electron chi connectivity index (χ2n) is 3.86. The Morgan fingerprint density at radius 2 is 1.73 bits per heavy atom. The van der Waals surface area contributed by atoms with Crippen LogP contribution in [-0.4, -0.2) is 0 Å². The van der Waals surface area contributed by atoms with Gasteiger partial charge in [0.1, 0.15) is 11.2 Å². The minimum Gasteiger partial charge on any atom is -0.457 e. The van der Waals surface area contributed by atoms with Crippen LogP contribution in [0.4, 0.5) is 0 Å². The summed E-state index contributed by atoms with van der Waals surface area (Å²) in [6.07, 6.45) is 2.15. The van der Waals surface area contributed by atoms with Gasteiger partial charge >= 0.3 is 0 Å². The summed E-state index contributed by atoms with van der Waals surface area (Å²) in [4.78, 5) is 0. The Morgan fingerprint density at radius 1 is 0.867 bits per heavy atom. The zero-order valence-electron chi connectivity index (χ0n) is 8.44. The molecule has 3 aromatic rings. The highest BCUT2D eigenvalue weighted by Gasteiger charge is 2.06. The van der Waals surface area contributed by atoms with Gasteiger partial charge in [0.05, 0.1) is 0 Å². The van der Waals surface area contributed by atoms with Crippen LogP contribution in [0.25, 0.3) is 11.2 Å². The van der Waals surface area contributed by atoms with Gasteiger partial charge < -0.3 is 4.42 Å². The van der Waals surface area contributed by atoms with E-state index in [4.69, 9.17) is 4.42 Å². The minimum atomic E-state index is 0.994. The van der Waals surface area contributed by atoms with E-state index in [1.807, 2.05) is 6.07 Å². The van der Waals surface area contributed by atoms with Crippen molar-refractivity contribution in [1.82, 2.24) is 0 Å². The molecule has 0 spiro atoms. The van der Waals surface area contributed by atoms with Gasteiger partial charge in [0.25, 0.3) is 0 Å². The van der Waals surface area contributed by atoms with E-state index in [1.54, 1.807) is 0 Å². The van der Waals surface area contributed by atoms with Crippen LogP contribution < -0.4 is 0 Å². The molecule has 0 saturated heterocycles. The average molecular weight is 196 g/mol. The van der Waals surface area contributed by atoms with E-state index >= 15 is 0 Å². The normalized spacial score (nSPS) is 11.2. The highest BCUT2D eigenvalue weighted by atomic mass is 16.3. The molecule has 3 rings (SSSR count). The second-order valence-corrected chi connectivity index (χ2v) is 3.86. The van der Waals surface area contributed by atoms with E-state index in [0.29, 0.717) is 0 Å². The Morgan fingerprint density at radius 3 is 2.40 bits per heavy atom. The Labute approximate surface area is 88.7 Å². The predicted octanol–water partition coefficient (Wildman–Crippen LogP) is 3.66. The summed E-state index contributed by atoms with van der Waals surface area (Å²) in [6, 6.07) is 16.8. The molecule has 0 amide bonds. The number of aryl methyl sites for hydroxylation is 2. The SMILES string of the molecule is c1ccc(CCc2cc3ccc2o3)cc1. The van der Waals surface area contributed by atoms with E-state index in [0.717, 1.165) is 24.0 Å². The van der Waals surface area contributed by atoms with Gasteiger partial charge in [0.15, 0.2) is 0 Å². The molecule has 0 N–H and O–H groups in total. The summed E-state index contributed by atoms with van der Waals surface area (Å²) in [5, 5.41) is 0. The van der Waals surface area contributed by atoms with Crippen molar-refractivity contribution in [1.29, 1.82) is 0 Å². The van der Waals surface area contributed by atoms with E-state index in [2.05, 4.69) is 42.5 Å². The largest absolute Gasteiger partial charge is 0.457 e. The number of benzene rings is 2. The summed E-state index contributed by atoms with van der Waals surface area (Å²) in [5.41, 5.74) is 4.75. The van der Waals surface area contributed by atoms with Gasteiger partial charge in [-0.05, 0) is 42.2 Å². The first-order valence-corrected chi connectivity index (χ1v) is 5.26. The lowest BCUT2D eigenvalue weighted by atomic mass is 10.0. The van der Waals surface area contributed by atoms with E-state index in [-0.39, 0.29) is 0 Å². The lowest BCUT2D eigenvalue weighted by Gasteiger charge is -1.99. The molecule has 0 atom stereocenters. The van der Waals surface area contributed by atoms with E-state index in [1.165, 1.54) is 11.1 Å². The van der Waals surface area contributed by atoms with Crippen molar-refractivity contribution in [3.8, 4) is 0 Å². The molecular formula is C14H12O. The topological polar surface area (TPSA) is 13.1 Å². The van der Waals surface area contributed by atoms with Crippen molar-refractivity contribution in [3.63, 3.8) is 0 Å². The minimum absolute atomic E-state index is 0.994. The molecule has 0 saturated carbocycles. The van der Waals surface area contributed by atoms with Crippen molar-refractivity contribution < 1.29 is 4.42 Å². The van der Waals surface area contributed by atoms with Gasteiger partial charge in [-0.25, -0.2) is 0 Å². The molecule has 1 nitrogen and oxygen atoms in total. The Hall–Kier alpha value is -1.76. The van der Waals surface area contributed by atoms with Crippen molar-refractivity contribution >= 4 is 11.2 Å². The lowest BCUT2D eigenvalue weighted by Crippen LogP contribution is -1.89. The maximum absolute atomic E-state index is 5.50. The molecule has 2 heterocycles. The van der Waals surface area contributed by atoms with Crippen molar-refractivity contribution in [2.45, 2.75) is 12.8 Å². The van der Waals surface area contributed by atoms with Gasteiger partial charge in [0.2, 0.25) is 0 Å². The number of rotatable bonds is 3. The van der Waals surface area contributed by atoms with Crippen LogP contribution in [0, 0.1) is 0 Å². The molecule has 2 aromatic heterocycles. The van der Waals surface area contributed by atoms with E-state index < -0.39 is 0 Å². The Balaban J connectivity index is 1.74. The zero-order valence-corrected chi connectivity index (χ0v) is 8.44. The van der Waals surface area contributed by atoms with Crippen LogP contribution in [0.5, 0.6) is 0 Å². The third-order valence-electron chi connectivity index (χ3n) is 2.79. The molecule has 2 bridgehead atoms. The molecule has 0 radical (unpaired) electrons. The first-order valence-electron chi connectivity index (χ1n) is 5.26. The average Bonchev–Trinajstić information content (AvgIpc) is 2.89. The van der Waals surface area contributed by atoms with Crippen molar-refractivity contribution in [2.75, 3.05) is 0 Å². The molecule has 0 fully saturated rings. The van der Waals surface area contributed by atoms with Gasteiger partial charge in [-0.3, -0.25) is 0 Å².